The van der Waals surface area contributed by atoms with Crippen LogP contribution < -0.4 is 19.5 Å². The number of carbonyl (C=O) groups excluding carboxylic acids is 2. The third-order valence-corrected chi connectivity index (χ3v) is 5.87. The van der Waals surface area contributed by atoms with Gasteiger partial charge in [0.1, 0.15) is 23.3 Å². The summed E-state index contributed by atoms with van der Waals surface area (Å²) in [5.74, 6) is 1.27. The molecule has 1 N–H and O–H groups in total. The fraction of sp³-hybridized carbons (Fsp3) is 0.385. The molecule has 1 heterocycles. The molecule has 2 amide bonds. The standard InChI is InChI=1S/C26H32N2O5/c1-17-10-6-8-12-22(20-15-14-19(31-4)16-24(20)32-5)27-25(29)18(2)28(3)26(30)21-11-7-9-13-23(21)33-17/h6-9,11,13-18,22H,10,12H2,1-5H3,(H,27,29)/b8-6+/t17-,18+,22-/m1/s1. The van der Waals surface area contributed by atoms with Crippen molar-refractivity contribution in [3.63, 3.8) is 0 Å². The lowest BCUT2D eigenvalue weighted by Gasteiger charge is -2.28. The number of para-hydroxylation sites is 1. The van der Waals surface area contributed by atoms with E-state index in [1.54, 1.807) is 52.5 Å². The first-order valence-electron chi connectivity index (χ1n) is 11.1. The molecule has 0 spiro atoms. The Morgan fingerprint density at radius 1 is 1.00 bits per heavy atom. The zero-order chi connectivity index (χ0) is 24.0. The van der Waals surface area contributed by atoms with Crippen LogP contribution >= 0.6 is 0 Å². The van der Waals surface area contributed by atoms with E-state index in [4.69, 9.17) is 14.2 Å². The zero-order valence-electron chi connectivity index (χ0n) is 19.8. The Morgan fingerprint density at radius 3 is 2.45 bits per heavy atom. The van der Waals surface area contributed by atoms with Crippen molar-refractivity contribution in [2.45, 2.75) is 44.9 Å². The van der Waals surface area contributed by atoms with Crippen LogP contribution in [0.3, 0.4) is 0 Å². The maximum atomic E-state index is 13.2. The first kappa shape index (κ1) is 24.2. The van der Waals surface area contributed by atoms with E-state index in [1.807, 2.05) is 37.3 Å². The van der Waals surface area contributed by atoms with E-state index in [0.29, 0.717) is 35.7 Å². The number of amides is 2. The Kier molecular flexibility index (Phi) is 7.98. The van der Waals surface area contributed by atoms with Gasteiger partial charge >= 0.3 is 0 Å². The van der Waals surface area contributed by atoms with Crippen LogP contribution in [0.25, 0.3) is 0 Å². The van der Waals surface area contributed by atoms with Crippen molar-refractivity contribution in [2.75, 3.05) is 21.3 Å². The van der Waals surface area contributed by atoms with E-state index < -0.39 is 6.04 Å². The number of ether oxygens (including phenoxy) is 3. The Morgan fingerprint density at radius 2 is 1.73 bits per heavy atom. The molecule has 0 aromatic heterocycles. The van der Waals surface area contributed by atoms with Crippen LogP contribution in [0.1, 0.15) is 48.7 Å². The van der Waals surface area contributed by atoms with Gasteiger partial charge in [-0.25, -0.2) is 0 Å². The van der Waals surface area contributed by atoms with Crippen molar-refractivity contribution in [1.29, 1.82) is 0 Å². The van der Waals surface area contributed by atoms with E-state index in [-0.39, 0.29) is 24.0 Å². The molecule has 0 bridgehead atoms. The highest BCUT2D eigenvalue weighted by molar-refractivity contribution is 5.99. The van der Waals surface area contributed by atoms with Crippen molar-refractivity contribution >= 4 is 11.8 Å². The summed E-state index contributed by atoms with van der Waals surface area (Å²) < 4.78 is 16.9. The topological polar surface area (TPSA) is 77.1 Å². The molecule has 3 atom stereocenters. The molecular weight excluding hydrogens is 420 g/mol. The molecule has 0 unspecified atom stereocenters. The van der Waals surface area contributed by atoms with Crippen molar-refractivity contribution < 1.29 is 23.8 Å². The van der Waals surface area contributed by atoms with Crippen LogP contribution in [-0.2, 0) is 4.79 Å². The molecule has 33 heavy (non-hydrogen) atoms. The molecule has 2 aromatic rings. The Balaban J connectivity index is 1.96. The first-order valence-corrected chi connectivity index (χ1v) is 11.1. The second-order valence-corrected chi connectivity index (χ2v) is 8.13. The Hall–Kier alpha value is -3.48. The normalized spacial score (nSPS) is 22.9. The van der Waals surface area contributed by atoms with Gasteiger partial charge in [0.15, 0.2) is 0 Å². The second-order valence-electron chi connectivity index (χ2n) is 8.13. The summed E-state index contributed by atoms with van der Waals surface area (Å²) in [4.78, 5) is 27.8. The molecule has 176 valence electrons. The van der Waals surface area contributed by atoms with Gasteiger partial charge in [0, 0.05) is 25.1 Å². The summed E-state index contributed by atoms with van der Waals surface area (Å²) in [7, 11) is 4.81. The van der Waals surface area contributed by atoms with E-state index in [2.05, 4.69) is 5.32 Å². The minimum atomic E-state index is -0.693. The summed E-state index contributed by atoms with van der Waals surface area (Å²) in [6.07, 6.45) is 5.17. The number of rotatable bonds is 3. The fourth-order valence-corrected chi connectivity index (χ4v) is 3.74. The van der Waals surface area contributed by atoms with Gasteiger partial charge in [-0.3, -0.25) is 9.59 Å². The second kappa shape index (κ2) is 10.9. The summed E-state index contributed by atoms with van der Waals surface area (Å²) in [6, 6.07) is 11.6. The molecule has 3 rings (SSSR count). The van der Waals surface area contributed by atoms with Gasteiger partial charge in [-0.2, -0.15) is 0 Å². The monoisotopic (exact) mass is 452 g/mol. The lowest BCUT2D eigenvalue weighted by molar-refractivity contribution is -0.125. The highest BCUT2D eigenvalue weighted by Gasteiger charge is 2.28. The maximum absolute atomic E-state index is 13.2. The van der Waals surface area contributed by atoms with Crippen molar-refractivity contribution in [3.8, 4) is 17.2 Å². The molecule has 0 saturated heterocycles. The molecule has 7 heteroatoms. The number of benzene rings is 2. The number of methoxy groups -OCH3 is 2. The van der Waals surface area contributed by atoms with Gasteiger partial charge in [-0.15, -0.1) is 0 Å². The number of hydrogen-bond acceptors (Lipinski definition) is 5. The van der Waals surface area contributed by atoms with Crippen LogP contribution in [0.4, 0.5) is 0 Å². The third-order valence-electron chi connectivity index (χ3n) is 5.87. The largest absolute Gasteiger partial charge is 0.497 e. The molecular formula is C26H32N2O5. The summed E-state index contributed by atoms with van der Waals surface area (Å²) >= 11 is 0. The Labute approximate surface area is 195 Å². The maximum Gasteiger partial charge on any atom is 0.258 e. The first-order chi connectivity index (χ1) is 15.8. The summed E-state index contributed by atoms with van der Waals surface area (Å²) in [6.45, 7) is 3.68. The number of nitrogens with one attached hydrogen (secondary N) is 1. The van der Waals surface area contributed by atoms with Gasteiger partial charge in [-0.1, -0.05) is 24.3 Å². The zero-order valence-corrected chi connectivity index (χ0v) is 19.8. The van der Waals surface area contributed by atoms with Gasteiger partial charge in [0.25, 0.3) is 5.91 Å². The van der Waals surface area contributed by atoms with Gasteiger partial charge < -0.3 is 24.4 Å². The van der Waals surface area contributed by atoms with Gasteiger partial charge in [0.2, 0.25) is 5.91 Å². The van der Waals surface area contributed by atoms with Crippen molar-refractivity contribution in [2.24, 2.45) is 0 Å². The molecule has 1 aliphatic rings. The van der Waals surface area contributed by atoms with E-state index in [1.165, 1.54) is 4.90 Å². The average Bonchev–Trinajstić information content (AvgIpc) is 2.83. The smallest absolute Gasteiger partial charge is 0.258 e. The van der Waals surface area contributed by atoms with Crippen molar-refractivity contribution in [3.05, 3.63) is 65.7 Å². The van der Waals surface area contributed by atoms with Gasteiger partial charge in [0.05, 0.1) is 31.9 Å². The quantitative estimate of drug-likeness (QED) is 0.709. The number of carbonyl (C=O) groups is 2. The fourth-order valence-electron chi connectivity index (χ4n) is 3.74. The van der Waals surface area contributed by atoms with Crippen molar-refractivity contribution in [1.82, 2.24) is 10.2 Å². The highest BCUT2D eigenvalue weighted by Crippen LogP contribution is 2.32. The van der Waals surface area contributed by atoms with Crippen LogP contribution in [0.5, 0.6) is 17.2 Å². The minimum Gasteiger partial charge on any atom is -0.497 e. The number of likely N-dealkylation sites (N-methyl/N-ethyl adjacent to an activating group) is 1. The SMILES string of the molecule is COc1ccc([C@H]2C/C=C/C[C@@H](C)Oc3ccccc3C(=O)N(C)[C@@H](C)C(=O)N2)c(OC)c1. The summed E-state index contributed by atoms with van der Waals surface area (Å²) in [5, 5.41) is 3.10. The van der Waals surface area contributed by atoms with Crippen LogP contribution in [0.15, 0.2) is 54.6 Å². The van der Waals surface area contributed by atoms with E-state index >= 15 is 0 Å². The molecule has 0 aliphatic carbocycles. The predicted molar refractivity (Wildman–Crippen MR) is 127 cm³/mol. The van der Waals surface area contributed by atoms with Gasteiger partial charge in [-0.05, 0) is 44.5 Å². The number of hydrogen-bond donors (Lipinski definition) is 1. The minimum absolute atomic E-state index is 0.121. The molecule has 2 aromatic carbocycles. The molecule has 0 radical (unpaired) electrons. The molecule has 1 aliphatic heterocycles. The average molecular weight is 453 g/mol. The number of fused-ring (bicyclic) bond motifs is 1. The predicted octanol–water partition coefficient (Wildman–Crippen LogP) is 4.14. The van der Waals surface area contributed by atoms with Crippen LogP contribution in [-0.4, -0.2) is 50.1 Å². The lowest BCUT2D eigenvalue weighted by atomic mass is 10.0. The van der Waals surface area contributed by atoms with Crippen LogP contribution in [0.2, 0.25) is 0 Å². The lowest BCUT2D eigenvalue weighted by Crippen LogP contribution is -2.47. The molecule has 0 fully saturated rings. The van der Waals surface area contributed by atoms with E-state index in [0.717, 1.165) is 5.56 Å². The Bertz CT molecular complexity index is 1020. The van der Waals surface area contributed by atoms with Crippen LogP contribution in [0, 0.1) is 0 Å². The highest BCUT2D eigenvalue weighted by atomic mass is 16.5. The molecule has 0 saturated carbocycles. The summed E-state index contributed by atoms with van der Waals surface area (Å²) in [5.41, 5.74) is 1.26. The van der Waals surface area contributed by atoms with E-state index in [9.17, 15) is 9.59 Å². The number of nitrogens with zero attached hydrogens (tertiary/aromatic N) is 1. The molecule has 7 nitrogen and oxygen atoms in total. The third kappa shape index (κ3) is 5.66.